The van der Waals surface area contributed by atoms with Gasteiger partial charge in [-0.1, -0.05) is 12.8 Å². The number of halogens is 1. The molecule has 25 heavy (non-hydrogen) atoms. The second kappa shape index (κ2) is 7.98. The zero-order valence-electron chi connectivity index (χ0n) is 14.0. The first-order chi connectivity index (χ1) is 11.7. The van der Waals surface area contributed by atoms with Crippen LogP contribution in [0.5, 0.6) is 0 Å². The zero-order chi connectivity index (χ0) is 18.7. The molecule has 2 rings (SSSR count). The van der Waals surface area contributed by atoms with E-state index in [-0.39, 0.29) is 28.8 Å². The number of anilines is 1. The predicted octanol–water partition coefficient (Wildman–Crippen LogP) is 1.38. The smallest absolute Gasteiger partial charge is 0.240 e. The topological polar surface area (TPSA) is 118 Å². The molecular formula is C15H24FN3O4S2. The lowest BCUT2D eigenvalue weighted by Crippen LogP contribution is -2.44. The molecule has 142 valence electrons. The van der Waals surface area contributed by atoms with Crippen molar-refractivity contribution in [3.8, 4) is 0 Å². The largest absolute Gasteiger partial charge is 0.329 e. The molecule has 1 aromatic rings. The van der Waals surface area contributed by atoms with Crippen molar-refractivity contribution in [1.82, 2.24) is 4.72 Å². The highest BCUT2D eigenvalue weighted by Gasteiger charge is 2.28. The molecule has 0 aromatic heterocycles. The van der Waals surface area contributed by atoms with Crippen LogP contribution in [0.1, 0.15) is 32.6 Å². The van der Waals surface area contributed by atoms with E-state index < -0.39 is 31.9 Å². The number of nitrogens with two attached hydrogens (primary N) is 1. The highest BCUT2D eigenvalue weighted by Crippen LogP contribution is 2.28. The lowest BCUT2D eigenvalue weighted by molar-refractivity contribution is 0.405. The number of rotatable bonds is 8. The summed E-state index contributed by atoms with van der Waals surface area (Å²) in [6.07, 6.45) is 3.92. The molecule has 1 atom stereocenters. The van der Waals surface area contributed by atoms with Crippen LogP contribution in [0, 0.1) is 11.7 Å². The summed E-state index contributed by atoms with van der Waals surface area (Å²) in [5.74, 6) is -0.988. The van der Waals surface area contributed by atoms with E-state index in [1.165, 1.54) is 13.0 Å². The van der Waals surface area contributed by atoms with E-state index in [0.29, 0.717) is 0 Å². The molecule has 7 nitrogen and oxygen atoms in total. The van der Waals surface area contributed by atoms with E-state index >= 15 is 0 Å². The Morgan fingerprint density at radius 3 is 2.40 bits per heavy atom. The maximum Gasteiger partial charge on any atom is 0.240 e. The molecular weight excluding hydrogens is 369 g/mol. The fourth-order valence-electron chi connectivity index (χ4n) is 2.95. The van der Waals surface area contributed by atoms with Gasteiger partial charge in [-0.3, -0.25) is 4.72 Å². The van der Waals surface area contributed by atoms with Gasteiger partial charge in [0.15, 0.2) is 0 Å². The van der Waals surface area contributed by atoms with Crippen molar-refractivity contribution in [3.63, 3.8) is 0 Å². The summed E-state index contributed by atoms with van der Waals surface area (Å²) in [5, 5.41) is 0. The Balaban J connectivity index is 2.20. The van der Waals surface area contributed by atoms with E-state index in [1.807, 2.05) is 0 Å². The summed E-state index contributed by atoms with van der Waals surface area (Å²) in [7, 11) is -7.59. The minimum atomic E-state index is -3.94. The van der Waals surface area contributed by atoms with Gasteiger partial charge in [0.25, 0.3) is 0 Å². The molecule has 1 aliphatic rings. The van der Waals surface area contributed by atoms with Crippen molar-refractivity contribution in [2.45, 2.75) is 43.5 Å². The highest BCUT2D eigenvalue weighted by molar-refractivity contribution is 7.92. The lowest BCUT2D eigenvalue weighted by atomic mass is 9.99. The number of hydrogen-bond acceptors (Lipinski definition) is 5. The van der Waals surface area contributed by atoms with Crippen molar-refractivity contribution in [1.29, 1.82) is 0 Å². The summed E-state index contributed by atoms with van der Waals surface area (Å²) in [6, 6.07) is 2.68. The Bertz CT molecular complexity index is 806. The molecule has 0 spiro atoms. The Morgan fingerprint density at radius 1 is 1.24 bits per heavy atom. The summed E-state index contributed by atoms with van der Waals surface area (Å²) < 4.78 is 66.8. The molecule has 0 aliphatic heterocycles. The van der Waals surface area contributed by atoms with Crippen molar-refractivity contribution >= 4 is 25.7 Å². The van der Waals surface area contributed by atoms with Crippen molar-refractivity contribution in [2.24, 2.45) is 11.7 Å². The van der Waals surface area contributed by atoms with Gasteiger partial charge in [0, 0.05) is 12.6 Å². The number of benzene rings is 1. The quantitative estimate of drug-likeness (QED) is 0.617. The van der Waals surface area contributed by atoms with Gasteiger partial charge in [-0.2, -0.15) is 0 Å². The average molecular weight is 394 g/mol. The van der Waals surface area contributed by atoms with Crippen LogP contribution in [0.25, 0.3) is 0 Å². The van der Waals surface area contributed by atoms with Crippen LogP contribution in [0.3, 0.4) is 0 Å². The van der Waals surface area contributed by atoms with E-state index in [4.69, 9.17) is 5.73 Å². The molecule has 0 amide bonds. The van der Waals surface area contributed by atoms with Crippen LogP contribution < -0.4 is 15.2 Å². The van der Waals surface area contributed by atoms with Crippen LogP contribution in [0.2, 0.25) is 0 Å². The molecule has 0 saturated heterocycles. The van der Waals surface area contributed by atoms with Crippen molar-refractivity contribution < 1.29 is 21.2 Å². The van der Waals surface area contributed by atoms with Crippen molar-refractivity contribution in [3.05, 3.63) is 24.0 Å². The van der Waals surface area contributed by atoms with Gasteiger partial charge >= 0.3 is 0 Å². The van der Waals surface area contributed by atoms with E-state index in [1.54, 1.807) is 0 Å². The zero-order valence-corrected chi connectivity index (χ0v) is 15.7. The van der Waals surface area contributed by atoms with Crippen LogP contribution in [0.15, 0.2) is 23.1 Å². The van der Waals surface area contributed by atoms with Gasteiger partial charge in [0.1, 0.15) is 5.82 Å². The first kappa shape index (κ1) is 20.1. The van der Waals surface area contributed by atoms with Crippen LogP contribution in [-0.4, -0.2) is 35.2 Å². The molecule has 10 heteroatoms. The Morgan fingerprint density at radius 2 is 1.88 bits per heavy atom. The molecule has 1 unspecified atom stereocenters. The van der Waals surface area contributed by atoms with Gasteiger partial charge in [-0.15, -0.1) is 0 Å². The maximum absolute atomic E-state index is 14.1. The molecule has 0 heterocycles. The molecule has 4 N–H and O–H groups in total. The fraction of sp³-hybridized carbons (Fsp3) is 0.600. The Kier molecular flexibility index (Phi) is 6.41. The summed E-state index contributed by atoms with van der Waals surface area (Å²) in [4.78, 5) is -0.263. The number of hydrogen-bond donors (Lipinski definition) is 3. The average Bonchev–Trinajstić information content (AvgIpc) is 3.08. The molecule has 1 fully saturated rings. The minimum Gasteiger partial charge on any atom is -0.329 e. The normalized spacial score (nSPS) is 17.6. The molecule has 1 saturated carbocycles. The second-order valence-electron chi connectivity index (χ2n) is 6.16. The van der Waals surface area contributed by atoms with E-state index in [2.05, 4.69) is 9.44 Å². The maximum atomic E-state index is 14.1. The summed E-state index contributed by atoms with van der Waals surface area (Å²) in [5.41, 5.74) is 5.41. The minimum absolute atomic E-state index is 0.167. The van der Waals surface area contributed by atoms with Crippen LogP contribution in [-0.2, 0) is 20.0 Å². The standard InChI is InChI=1S/C15H24FN3O4S2/c1-2-24(20,21)18-14-8-7-12(9-13(14)16)25(22,23)19-15(10-17)11-5-3-4-6-11/h7-9,11,15,18-19H,2-6,10,17H2,1H3. The Hall–Kier alpha value is -1.23. The molecule has 0 radical (unpaired) electrons. The molecule has 1 aliphatic carbocycles. The van der Waals surface area contributed by atoms with Gasteiger partial charge in [-0.05, 0) is 43.9 Å². The van der Waals surface area contributed by atoms with E-state index in [0.717, 1.165) is 37.8 Å². The van der Waals surface area contributed by atoms with Crippen molar-refractivity contribution in [2.75, 3.05) is 17.0 Å². The van der Waals surface area contributed by atoms with Crippen LogP contribution in [0.4, 0.5) is 10.1 Å². The fourth-order valence-corrected chi connectivity index (χ4v) is 4.92. The highest BCUT2D eigenvalue weighted by atomic mass is 32.2. The van der Waals surface area contributed by atoms with Gasteiger partial charge in [0.2, 0.25) is 20.0 Å². The molecule has 0 bridgehead atoms. The third-order valence-electron chi connectivity index (χ3n) is 4.43. The predicted molar refractivity (Wildman–Crippen MR) is 94.6 cm³/mol. The van der Waals surface area contributed by atoms with Gasteiger partial charge in [0.05, 0.1) is 16.3 Å². The third kappa shape index (κ3) is 5.13. The summed E-state index contributed by atoms with van der Waals surface area (Å²) >= 11 is 0. The first-order valence-electron chi connectivity index (χ1n) is 8.21. The SMILES string of the molecule is CCS(=O)(=O)Nc1ccc(S(=O)(=O)NC(CN)C2CCCC2)cc1F. The monoisotopic (exact) mass is 393 g/mol. The Labute approximate surface area is 148 Å². The van der Waals surface area contributed by atoms with Gasteiger partial charge < -0.3 is 5.73 Å². The number of sulfonamides is 2. The number of nitrogens with one attached hydrogen (secondary N) is 2. The lowest BCUT2D eigenvalue weighted by Gasteiger charge is -2.23. The molecule has 1 aromatic carbocycles. The van der Waals surface area contributed by atoms with E-state index in [9.17, 15) is 21.2 Å². The van der Waals surface area contributed by atoms with Gasteiger partial charge in [-0.25, -0.2) is 25.9 Å². The second-order valence-corrected chi connectivity index (χ2v) is 9.88. The summed E-state index contributed by atoms with van der Waals surface area (Å²) in [6.45, 7) is 1.58. The first-order valence-corrected chi connectivity index (χ1v) is 11.3. The third-order valence-corrected chi connectivity index (χ3v) is 7.20. The van der Waals surface area contributed by atoms with Crippen LogP contribution >= 0.6 is 0 Å².